The number of rotatable bonds is 3. The number of aliphatic hydroxyl groups is 3. The molecule has 1 heterocycles. The summed E-state index contributed by atoms with van der Waals surface area (Å²) in [6, 6.07) is 0. The van der Waals surface area contributed by atoms with E-state index in [2.05, 4.69) is 0 Å². The third-order valence-corrected chi connectivity index (χ3v) is 2.00. The van der Waals surface area contributed by atoms with E-state index in [-0.39, 0.29) is 6.79 Å². The first-order valence-electron chi connectivity index (χ1n) is 4.07. The number of hydrogen-bond donors (Lipinski definition) is 4. The Kier molecular flexibility index (Phi) is 3.78. The summed E-state index contributed by atoms with van der Waals surface area (Å²) in [6.07, 6.45) is -4.92. The molecular weight excluding hydrogens is 194 g/mol. The molecule has 0 spiro atoms. The van der Waals surface area contributed by atoms with Crippen LogP contribution in [-0.2, 0) is 14.3 Å². The second-order valence-corrected chi connectivity index (χ2v) is 2.98. The Morgan fingerprint density at radius 1 is 1.57 bits per heavy atom. The molecule has 14 heavy (non-hydrogen) atoms. The van der Waals surface area contributed by atoms with Gasteiger partial charge in [0, 0.05) is 0 Å². The van der Waals surface area contributed by atoms with E-state index in [0.29, 0.717) is 0 Å². The van der Waals surface area contributed by atoms with Gasteiger partial charge in [-0.15, -0.1) is 0 Å². The molecule has 0 aromatic heterocycles. The molecular formula is C7H13NO6. The highest BCUT2D eigenvalue weighted by molar-refractivity contribution is 5.79. The van der Waals surface area contributed by atoms with E-state index >= 15 is 0 Å². The Labute approximate surface area is 80.0 Å². The molecule has 0 aliphatic carbocycles. The van der Waals surface area contributed by atoms with Gasteiger partial charge < -0.3 is 30.5 Å². The molecule has 0 saturated carbocycles. The zero-order chi connectivity index (χ0) is 10.7. The lowest BCUT2D eigenvalue weighted by atomic mass is 10.0. The van der Waals surface area contributed by atoms with Crippen LogP contribution in [0.15, 0.2) is 0 Å². The number of carbonyl (C=O) groups is 1. The number of amides is 1. The first kappa shape index (κ1) is 11.3. The first-order chi connectivity index (χ1) is 6.57. The molecule has 7 heteroatoms. The average Bonchev–Trinajstić information content (AvgIpc) is 2.16. The predicted octanol–water partition coefficient (Wildman–Crippen LogP) is -3.07. The van der Waals surface area contributed by atoms with Crippen LogP contribution in [-0.4, -0.2) is 59.0 Å². The molecule has 0 aromatic carbocycles. The summed E-state index contributed by atoms with van der Waals surface area (Å²) < 4.78 is 9.57. The molecule has 0 unspecified atom stereocenters. The normalized spacial score (nSPS) is 35.2. The fourth-order valence-corrected chi connectivity index (χ4v) is 1.25. The fraction of sp³-hybridized carbons (Fsp3) is 0.857. The standard InChI is InChI=1S/C7H13NO6/c8-7(12)6-4(11)5(3(10)1-9)13-2-14-6/h3-6,9-11H,1-2H2,(H2,8,12)/t3-,4+,5-,6-/m1/s1. The Hall–Kier alpha value is -0.730. The summed E-state index contributed by atoms with van der Waals surface area (Å²) in [5.74, 6) is -0.837. The number of hydrogen-bond acceptors (Lipinski definition) is 6. The van der Waals surface area contributed by atoms with Crippen molar-refractivity contribution in [2.45, 2.75) is 24.4 Å². The van der Waals surface area contributed by atoms with Crippen LogP contribution >= 0.6 is 0 Å². The van der Waals surface area contributed by atoms with E-state index in [4.69, 9.17) is 20.3 Å². The number of ether oxygens (including phenoxy) is 2. The van der Waals surface area contributed by atoms with Crippen LogP contribution in [0.4, 0.5) is 0 Å². The SMILES string of the molecule is NC(=O)[C@@H]1OCO[C@H]([C@H](O)CO)[C@@H]1O. The minimum absolute atomic E-state index is 0.258. The number of aliphatic hydroxyl groups excluding tert-OH is 3. The summed E-state index contributed by atoms with van der Waals surface area (Å²) in [6.45, 7) is -0.834. The van der Waals surface area contributed by atoms with E-state index in [9.17, 15) is 15.0 Å². The maximum absolute atomic E-state index is 10.8. The van der Waals surface area contributed by atoms with Crippen molar-refractivity contribution < 1.29 is 29.6 Å². The van der Waals surface area contributed by atoms with Crippen molar-refractivity contribution >= 4 is 5.91 Å². The number of carbonyl (C=O) groups excluding carboxylic acids is 1. The van der Waals surface area contributed by atoms with Crippen LogP contribution < -0.4 is 5.73 Å². The van der Waals surface area contributed by atoms with E-state index < -0.39 is 36.9 Å². The molecule has 1 saturated heterocycles. The monoisotopic (exact) mass is 207 g/mol. The van der Waals surface area contributed by atoms with Gasteiger partial charge in [-0.3, -0.25) is 4.79 Å². The van der Waals surface area contributed by atoms with Crippen molar-refractivity contribution in [1.82, 2.24) is 0 Å². The maximum atomic E-state index is 10.8. The smallest absolute Gasteiger partial charge is 0.249 e. The Morgan fingerprint density at radius 2 is 2.21 bits per heavy atom. The van der Waals surface area contributed by atoms with Gasteiger partial charge in [0.1, 0.15) is 25.1 Å². The van der Waals surface area contributed by atoms with Crippen molar-refractivity contribution in [2.75, 3.05) is 13.4 Å². The molecule has 1 rings (SSSR count). The average molecular weight is 207 g/mol. The van der Waals surface area contributed by atoms with Gasteiger partial charge in [0.15, 0.2) is 6.10 Å². The molecule has 4 atom stereocenters. The molecule has 0 aromatic rings. The highest BCUT2D eigenvalue weighted by Crippen LogP contribution is 2.17. The largest absolute Gasteiger partial charge is 0.394 e. The zero-order valence-corrected chi connectivity index (χ0v) is 7.37. The molecule has 1 amide bonds. The van der Waals surface area contributed by atoms with Crippen molar-refractivity contribution in [1.29, 1.82) is 0 Å². The van der Waals surface area contributed by atoms with Gasteiger partial charge in [-0.25, -0.2) is 0 Å². The predicted molar refractivity (Wildman–Crippen MR) is 42.9 cm³/mol. The third kappa shape index (κ3) is 2.20. The maximum Gasteiger partial charge on any atom is 0.249 e. The fourth-order valence-electron chi connectivity index (χ4n) is 1.25. The highest BCUT2D eigenvalue weighted by Gasteiger charge is 2.40. The summed E-state index contributed by atoms with van der Waals surface area (Å²) in [4.78, 5) is 10.8. The van der Waals surface area contributed by atoms with Crippen molar-refractivity contribution in [2.24, 2.45) is 5.73 Å². The lowest BCUT2D eigenvalue weighted by Crippen LogP contribution is -2.56. The van der Waals surface area contributed by atoms with Crippen molar-refractivity contribution in [3.8, 4) is 0 Å². The summed E-state index contributed by atoms with van der Waals surface area (Å²) >= 11 is 0. The molecule has 0 bridgehead atoms. The van der Waals surface area contributed by atoms with Crippen molar-refractivity contribution in [3.05, 3.63) is 0 Å². The Morgan fingerprint density at radius 3 is 2.71 bits per heavy atom. The second-order valence-electron chi connectivity index (χ2n) is 2.98. The highest BCUT2D eigenvalue weighted by atomic mass is 16.7. The third-order valence-electron chi connectivity index (χ3n) is 2.00. The quantitative estimate of drug-likeness (QED) is 0.389. The van der Waals surface area contributed by atoms with Gasteiger partial charge in [-0.1, -0.05) is 0 Å². The van der Waals surface area contributed by atoms with Gasteiger partial charge in [0.05, 0.1) is 6.61 Å². The first-order valence-corrected chi connectivity index (χ1v) is 4.07. The van der Waals surface area contributed by atoms with Gasteiger partial charge in [0.25, 0.3) is 0 Å². The van der Waals surface area contributed by atoms with Gasteiger partial charge in [0.2, 0.25) is 5.91 Å². The lowest BCUT2D eigenvalue weighted by Gasteiger charge is -2.34. The van der Waals surface area contributed by atoms with Crippen LogP contribution in [0.5, 0.6) is 0 Å². The van der Waals surface area contributed by atoms with E-state index in [1.807, 2.05) is 0 Å². The molecule has 7 nitrogen and oxygen atoms in total. The second kappa shape index (κ2) is 4.67. The minimum atomic E-state index is -1.37. The number of primary amides is 1. The summed E-state index contributed by atoms with van der Waals surface area (Å²) in [5.41, 5.74) is 4.94. The van der Waals surface area contributed by atoms with E-state index in [1.54, 1.807) is 0 Å². The van der Waals surface area contributed by atoms with Gasteiger partial charge in [-0.2, -0.15) is 0 Å². The number of nitrogens with two attached hydrogens (primary N) is 1. The van der Waals surface area contributed by atoms with Crippen LogP contribution in [0.3, 0.4) is 0 Å². The van der Waals surface area contributed by atoms with Crippen LogP contribution in [0.25, 0.3) is 0 Å². The summed E-state index contributed by atoms with van der Waals surface area (Å²) in [7, 11) is 0. The molecule has 1 aliphatic heterocycles. The molecule has 1 aliphatic rings. The molecule has 0 radical (unpaired) electrons. The van der Waals surface area contributed by atoms with Gasteiger partial charge >= 0.3 is 0 Å². The van der Waals surface area contributed by atoms with E-state index in [0.717, 1.165) is 0 Å². The molecule has 82 valence electrons. The van der Waals surface area contributed by atoms with Crippen molar-refractivity contribution in [3.63, 3.8) is 0 Å². The zero-order valence-electron chi connectivity index (χ0n) is 7.37. The molecule has 1 fully saturated rings. The summed E-state index contributed by atoms with van der Waals surface area (Å²) in [5, 5.41) is 27.3. The van der Waals surface area contributed by atoms with Crippen LogP contribution in [0, 0.1) is 0 Å². The Balaban J connectivity index is 2.65. The van der Waals surface area contributed by atoms with Crippen LogP contribution in [0.1, 0.15) is 0 Å². The van der Waals surface area contributed by atoms with E-state index in [1.165, 1.54) is 0 Å². The minimum Gasteiger partial charge on any atom is -0.394 e. The molecule has 5 N–H and O–H groups in total. The Bertz CT molecular complexity index is 210. The topological polar surface area (TPSA) is 122 Å². The van der Waals surface area contributed by atoms with Gasteiger partial charge in [-0.05, 0) is 0 Å². The lowest BCUT2D eigenvalue weighted by molar-refractivity contribution is -0.248. The van der Waals surface area contributed by atoms with Crippen LogP contribution in [0.2, 0.25) is 0 Å².